The molecule has 0 radical (unpaired) electrons. The van der Waals surface area contributed by atoms with Gasteiger partial charge < -0.3 is 11.1 Å². The first-order valence-electron chi connectivity index (χ1n) is 4.78. The molecule has 1 aromatic heterocycles. The summed E-state index contributed by atoms with van der Waals surface area (Å²) < 4.78 is 30.0. The van der Waals surface area contributed by atoms with E-state index in [0.29, 0.717) is 5.00 Å². The maximum atomic E-state index is 12.9. The summed E-state index contributed by atoms with van der Waals surface area (Å²) in [6.07, 6.45) is 0. The van der Waals surface area contributed by atoms with E-state index in [2.05, 4.69) is 9.69 Å². The van der Waals surface area contributed by atoms with Gasteiger partial charge in [0.25, 0.3) is 5.92 Å². The van der Waals surface area contributed by atoms with E-state index in [4.69, 9.17) is 5.73 Å². The van der Waals surface area contributed by atoms with E-state index >= 15 is 0 Å². The van der Waals surface area contributed by atoms with Crippen LogP contribution in [0.25, 0.3) is 10.9 Å². The second kappa shape index (κ2) is 4.31. The number of hydrogen-bond acceptors (Lipinski definition) is 4. The van der Waals surface area contributed by atoms with Crippen molar-refractivity contribution in [3.8, 4) is 0 Å². The van der Waals surface area contributed by atoms with E-state index in [1.807, 2.05) is 24.3 Å². The molecule has 0 aliphatic rings. The molecule has 0 spiro atoms. The van der Waals surface area contributed by atoms with E-state index < -0.39 is 19.0 Å². The molecule has 0 aliphatic heterocycles. The fraction of sp³-hybridized carbons (Fsp3) is 0.300. The SMILES string of the molecule is NCC(F)(F)CNc1snc2ccccc12. The van der Waals surface area contributed by atoms with Crippen LogP contribution in [0.2, 0.25) is 0 Å². The number of nitrogens with one attached hydrogen (secondary N) is 1. The second-order valence-electron chi connectivity index (χ2n) is 3.44. The first-order valence-corrected chi connectivity index (χ1v) is 5.56. The number of nitrogens with two attached hydrogens (primary N) is 1. The lowest BCUT2D eigenvalue weighted by atomic mass is 10.2. The van der Waals surface area contributed by atoms with Gasteiger partial charge in [0.05, 0.1) is 18.6 Å². The third kappa shape index (κ3) is 2.28. The predicted molar refractivity (Wildman–Crippen MR) is 62.1 cm³/mol. The molecule has 86 valence electrons. The highest BCUT2D eigenvalue weighted by atomic mass is 32.1. The first kappa shape index (κ1) is 11.2. The Morgan fingerprint density at radius 2 is 2.12 bits per heavy atom. The summed E-state index contributed by atoms with van der Waals surface area (Å²) >= 11 is 1.18. The molecule has 16 heavy (non-hydrogen) atoms. The third-order valence-corrected chi connectivity index (χ3v) is 3.02. The number of benzene rings is 1. The van der Waals surface area contributed by atoms with Crippen LogP contribution >= 0.6 is 11.5 Å². The van der Waals surface area contributed by atoms with Gasteiger partial charge in [0, 0.05) is 5.39 Å². The van der Waals surface area contributed by atoms with Crippen LogP contribution in [0.5, 0.6) is 0 Å². The molecule has 0 unspecified atom stereocenters. The van der Waals surface area contributed by atoms with Gasteiger partial charge in [-0.15, -0.1) is 0 Å². The first-order chi connectivity index (χ1) is 7.62. The highest BCUT2D eigenvalue weighted by Crippen LogP contribution is 2.28. The van der Waals surface area contributed by atoms with Crippen LogP contribution in [0.3, 0.4) is 0 Å². The average molecular weight is 243 g/mol. The molecule has 1 aromatic carbocycles. The summed E-state index contributed by atoms with van der Waals surface area (Å²) in [5, 5.41) is 4.20. The second-order valence-corrected chi connectivity index (χ2v) is 4.22. The fourth-order valence-corrected chi connectivity index (χ4v) is 2.06. The molecule has 0 amide bonds. The largest absolute Gasteiger partial charge is 0.369 e. The van der Waals surface area contributed by atoms with E-state index in [9.17, 15) is 8.78 Å². The zero-order valence-electron chi connectivity index (χ0n) is 8.41. The monoisotopic (exact) mass is 243 g/mol. The van der Waals surface area contributed by atoms with E-state index in [0.717, 1.165) is 10.9 Å². The van der Waals surface area contributed by atoms with Crippen molar-refractivity contribution in [1.82, 2.24) is 4.37 Å². The summed E-state index contributed by atoms with van der Waals surface area (Å²) in [7, 11) is 0. The molecule has 3 N–H and O–H groups in total. The number of nitrogens with zero attached hydrogens (tertiary/aromatic N) is 1. The molecular formula is C10H11F2N3S. The topological polar surface area (TPSA) is 50.9 Å². The molecule has 0 fully saturated rings. The van der Waals surface area contributed by atoms with E-state index in [1.165, 1.54) is 11.5 Å². The van der Waals surface area contributed by atoms with Gasteiger partial charge in [-0.3, -0.25) is 0 Å². The van der Waals surface area contributed by atoms with E-state index in [1.54, 1.807) is 0 Å². The Morgan fingerprint density at radius 1 is 1.38 bits per heavy atom. The number of alkyl halides is 2. The maximum absolute atomic E-state index is 12.9. The van der Waals surface area contributed by atoms with Crippen LogP contribution < -0.4 is 11.1 Å². The lowest BCUT2D eigenvalue weighted by Crippen LogP contribution is -2.35. The minimum Gasteiger partial charge on any atom is -0.369 e. The van der Waals surface area contributed by atoms with Gasteiger partial charge in [0.1, 0.15) is 5.00 Å². The minimum atomic E-state index is -2.88. The van der Waals surface area contributed by atoms with Gasteiger partial charge in [-0.05, 0) is 23.7 Å². The van der Waals surface area contributed by atoms with Crippen LogP contribution in [0.4, 0.5) is 13.8 Å². The van der Waals surface area contributed by atoms with Crippen LogP contribution in [0.15, 0.2) is 24.3 Å². The molecule has 2 rings (SSSR count). The highest BCUT2D eigenvalue weighted by molar-refractivity contribution is 7.11. The van der Waals surface area contributed by atoms with Crippen molar-refractivity contribution < 1.29 is 8.78 Å². The molecule has 1 heterocycles. The van der Waals surface area contributed by atoms with Crippen molar-refractivity contribution in [2.24, 2.45) is 5.73 Å². The molecule has 0 bridgehead atoms. The molecule has 2 aromatic rings. The molecule has 0 saturated heterocycles. The van der Waals surface area contributed by atoms with Gasteiger partial charge in [-0.2, -0.15) is 4.37 Å². The number of hydrogen-bond donors (Lipinski definition) is 2. The summed E-state index contributed by atoms with van der Waals surface area (Å²) in [4.78, 5) is 0. The molecule has 0 aliphatic carbocycles. The predicted octanol–water partition coefficient (Wildman–Crippen LogP) is 2.30. The van der Waals surface area contributed by atoms with Gasteiger partial charge in [0.2, 0.25) is 0 Å². The summed E-state index contributed by atoms with van der Waals surface area (Å²) in [5.41, 5.74) is 5.77. The summed E-state index contributed by atoms with van der Waals surface area (Å²) in [6.45, 7) is -1.12. The number of anilines is 1. The highest BCUT2D eigenvalue weighted by Gasteiger charge is 2.26. The lowest BCUT2D eigenvalue weighted by Gasteiger charge is -2.14. The van der Waals surface area contributed by atoms with Crippen LogP contribution in [-0.4, -0.2) is 23.4 Å². The fourth-order valence-electron chi connectivity index (χ4n) is 1.30. The van der Waals surface area contributed by atoms with Crippen molar-refractivity contribution >= 4 is 27.4 Å². The third-order valence-electron chi connectivity index (χ3n) is 2.19. The van der Waals surface area contributed by atoms with Gasteiger partial charge in [-0.1, -0.05) is 12.1 Å². The quantitative estimate of drug-likeness (QED) is 0.866. The van der Waals surface area contributed by atoms with Crippen molar-refractivity contribution in [3.05, 3.63) is 24.3 Å². The maximum Gasteiger partial charge on any atom is 0.276 e. The molecule has 6 heteroatoms. The Labute approximate surface area is 95.4 Å². The number of aromatic nitrogens is 1. The molecule has 3 nitrogen and oxygen atoms in total. The Kier molecular flexibility index (Phi) is 3.02. The number of halogens is 2. The van der Waals surface area contributed by atoms with Crippen molar-refractivity contribution in [2.75, 3.05) is 18.4 Å². The van der Waals surface area contributed by atoms with E-state index in [-0.39, 0.29) is 0 Å². The van der Waals surface area contributed by atoms with Gasteiger partial charge >= 0.3 is 0 Å². The van der Waals surface area contributed by atoms with Crippen molar-refractivity contribution in [2.45, 2.75) is 5.92 Å². The lowest BCUT2D eigenvalue weighted by molar-refractivity contribution is 0.0255. The number of fused-ring (bicyclic) bond motifs is 1. The Balaban J connectivity index is 2.16. The van der Waals surface area contributed by atoms with Crippen LogP contribution in [0.1, 0.15) is 0 Å². The van der Waals surface area contributed by atoms with Crippen LogP contribution in [0, 0.1) is 0 Å². The van der Waals surface area contributed by atoms with Gasteiger partial charge in [0.15, 0.2) is 0 Å². The van der Waals surface area contributed by atoms with Gasteiger partial charge in [-0.25, -0.2) is 8.78 Å². The molecular weight excluding hydrogens is 232 g/mol. The molecule has 0 saturated carbocycles. The number of rotatable bonds is 4. The average Bonchev–Trinajstić information content (AvgIpc) is 2.70. The van der Waals surface area contributed by atoms with Crippen molar-refractivity contribution in [1.29, 1.82) is 0 Å². The van der Waals surface area contributed by atoms with Crippen LogP contribution in [-0.2, 0) is 0 Å². The Hall–Kier alpha value is -1.27. The minimum absolute atomic E-state index is 0.463. The zero-order chi connectivity index (χ0) is 11.6. The normalized spacial score (nSPS) is 11.9. The summed E-state index contributed by atoms with van der Waals surface area (Å²) in [6, 6.07) is 7.41. The Morgan fingerprint density at radius 3 is 2.88 bits per heavy atom. The standard InChI is InChI=1S/C10H11F2N3S/c11-10(12,5-13)6-14-9-7-3-1-2-4-8(7)15-16-9/h1-4,14H,5-6,13H2. The smallest absolute Gasteiger partial charge is 0.276 e. The zero-order valence-corrected chi connectivity index (χ0v) is 9.23. The Bertz CT molecular complexity index is 484. The van der Waals surface area contributed by atoms with Crippen molar-refractivity contribution in [3.63, 3.8) is 0 Å². The summed E-state index contributed by atoms with van der Waals surface area (Å²) in [5.74, 6) is -2.88. The molecule has 0 atom stereocenters.